The molecule has 4 heterocycles. The average molecular weight is 737 g/mol. The minimum Gasteiger partial charge on any atom is -0.375 e. The van der Waals surface area contributed by atoms with Gasteiger partial charge in [-0.1, -0.05) is 108 Å². The van der Waals surface area contributed by atoms with Crippen LogP contribution in [0.25, 0.3) is 82.7 Å². The monoisotopic (exact) mass is 736 g/mol. The van der Waals surface area contributed by atoms with Gasteiger partial charge < -0.3 is 9.05 Å². The summed E-state index contributed by atoms with van der Waals surface area (Å²) >= 11 is 0. The molecule has 278 valence electrons. The summed E-state index contributed by atoms with van der Waals surface area (Å²) < 4.78 is 5.34. The van der Waals surface area contributed by atoms with Crippen LogP contribution in [-0.2, 0) is 10.8 Å². The Morgan fingerprint density at radius 1 is 0.456 bits per heavy atom. The Labute approximate surface area is 336 Å². The highest BCUT2D eigenvalue weighted by atomic mass is 15.0. The van der Waals surface area contributed by atoms with Crippen molar-refractivity contribution < 1.29 is 0 Å². The van der Waals surface area contributed by atoms with E-state index in [2.05, 4.69) is 194 Å². The van der Waals surface area contributed by atoms with Crippen LogP contribution >= 0.6 is 0 Å². The first kappa shape index (κ1) is 34.5. The fraction of sp³-hybridized carbons (Fsp3) is 0.222. The van der Waals surface area contributed by atoms with Crippen LogP contribution in [0.1, 0.15) is 74.9 Å². The Kier molecular flexibility index (Phi) is 6.90. The van der Waals surface area contributed by atoms with Crippen LogP contribution in [0.5, 0.6) is 0 Å². The maximum atomic E-state index is 2.73. The molecule has 2 aromatic heterocycles. The van der Waals surface area contributed by atoms with Crippen molar-refractivity contribution in [2.45, 2.75) is 80.1 Å². The Bertz CT molecular complexity index is 3200. The molecular weight excluding hydrogens is 687 g/mol. The SMILES string of the molecule is Cc1cccc(C)c1-c1ccc2c(c1)c1cc(-c3c(C)cccc3C)cc3c1n2-c1cccc2c1B3n1c3ccc(C(C)(C)C)cc3c3cc(C(C)(C)C)cc-2c31. The first-order chi connectivity index (χ1) is 27.2. The van der Waals surface area contributed by atoms with Gasteiger partial charge in [0.2, 0.25) is 0 Å². The third kappa shape index (κ3) is 4.66. The number of rotatable bonds is 2. The molecule has 0 N–H and O–H groups in total. The fourth-order valence-electron chi connectivity index (χ4n) is 10.7. The first-order valence-electron chi connectivity index (χ1n) is 20.7. The Hall–Kier alpha value is -5.80. The maximum Gasteiger partial charge on any atom is 0.333 e. The molecule has 0 fully saturated rings. The number of benzene rings is 7. The smallest absolute Gasteiger partial charge is 0.333 e. The lowest BCUT2D eigenvalue weighted by molar-refractivity contribution is 0.590. The molecule has 3 heteroatoms. The van der Waals surface area contributed by atoms with Crippen LogP contribution in [0, 0.1) is 27.7 Å². The fourth-order valence-corrected chi connectivity index (χ4v) is 10.7. The molecule has 2 nitrogen and oxygen atoms in total. The van der Waals surface area contributed by atoms with Crippen molar-refractivity contribution in [1.82, 2.24) is 9.05 Å². The van der Waals surface area contributed by atoms with Crippen molar-refractivity contribution in [3.05, 3.63) is 149 Å². The molecule has 0 unspecified atom stereocenters. The number of nitrogens with zero attached hydrogens (tertiary/aromatic N) is 2. The number of aryl methyl sites for hydroxylation is 4. The van der Waals surface area contributed by atoms with Gasteiger partial charge in [-0.25, -0.2) is 0 Å². The second kappa shape index (κ2) is 11.4. The highest BCUT2D eigenvalue weighted by molar-refractivity contribution is 6.90. The molecule has 0 spiro atoms. The van der Waals surface area contributed by atoms with Gasteiger partial charge in [-0.3, -0.25) is 0 Å². The zero-order valence-electron chi connectivity index (χ0n) is 34.9. The van der Waals surface area contributed by atoms with Crippen LogP contribution < -0.4 is 10.9 Å². The lowest BCUT2D eigenvalue weighted by atomic mass is 9.45. The topological polar surface area (TPSA) is 9.86 Å². The summed E-state index contributed by atoms with van der Waals surface area (Å²) in [5.41, 5.74) is 25.3. The number of fused-ring (bicyclic) bond motifs is 10. The quantitative estimate of drug-likeness (QED) is 0.156. The van der Waals surface area contributed by atoms with Crippen LogP contribution in [0.2, 0.25) is 0 Å². The summed E-state index contributed by atoms with van der Waals surface area (Å²) in [6, 6.07) is 45.1. The zero-order valence-corrected chi connectivity index (χ0v) is 34.9. The van der Waals surface area contributed by atoms with Crippen LogP contribution in [0.3, 0.4) is 0 Å². The molecule has 0 aliphatic carbocycles. The van der Waals surface area contributed by atoms with E-state index in [0.29, 0.717) is 0 Å². The van der Waals surface area contributed by atoms with Crippen LogP contribution in [-0.4, -0.2) is 15.9 Å². The van der Waals surface area contributed by atoms with Crippen molar-refractivity contribution in [2.24, 2.45) is 0 Å². The second-order valence-electron chi connectivity index (χ2n) is 19.2. The van der Waals surface area contributed by atoms with Crippen molar-refractivity contribution in [3.63, 3.8) is 0 Å². The molecule has 0 amide bonds. The molecule has 0 bridgehead atoms. The summed E-state index contributed by atoms with van der Waals surface area (Å²) in [5.74, 6) is 0. The molecule has 0 atom stereocenters. The minimum atomic E-state index is -0.00465. The maximum absolute atomic E-state index is 2.73. The van der Waals surface area contributed by atoms with E-state index in [9.17, 15) is 0 Å². The first-order valence-corrected chi connectivity index (χ1v) is 20.7. The van der Waals surface area contributed by atoms with Gasteiger partial charge in [0.1, 0.15) is 0 Å². The molecule has 2 aliphatic rings. The zero-order chi connectivity index (χ0) is 39.4. The van der Waals surface area contributed by atoms with E-state index in [1.54, 1.807) is 0 Å². The summed E-state index contributed by atoms with van der Waals surface area (Å²) in [6.45, 7) is 23.1. The van der Waals surface area contributed by atoms with E-state index >= 15 is 0 Å². The van der Waals surface area contributed by atoms with E-state index in [1.165, 1.54) is 127 Å². The van der Waals surface area contributed by atoms with Crippen molar-refractivity contribution in [2.75, 3.05) is 0 Å². The molecule has 11 rings (SSSR count). The third-order valence-corrected chi connectivity index (χ3v) is 13.5. The van der Waals surface area contributed by atoms with Crippen LogP contribution in [0.15, 0.2) is 115 Å². The molecule has 0 radical (unpaired) electrons. The van der Waals surface area contributed by atoms with Gasteiger partial charge in [0.25, 0.3) is 0 Å². The van der Waals surface area contributed by atoms with Gasteiger partial charge in [-0.2, -0.15) is 0 Å². The summed E-state index contributed by atoms with van der Waals surface area (Å²) in [6.07, 6.45) is 0. The molecule has 2 aliphatic heterocycles. The molecular formula is C54H49BN2. The van der Waals surface area contributed by atoms with E-state index in [1.807, 2.05) is 0 Å². The van der Waals surface area contributed by atoms with Gasteiger partial charge in [0.15, 0.2) is 0 Å². The highest BCUT2D eigenvalue weighted by Gasteiger charge is 2.42. The summed E-state index contributed by atoms with van der Waals surface area (Å²) in [7, 11) is 0. The van der Waals surface area contributed by atoms with Crippen molar-refractivity contribution in [3.8, 4) is 39.1 Å². The van der Waals surface area contributed by atoms with Crippen LogP contribution in [0.4, 0.5) is 0 Å². The number of hydrogen-bond donors (Lipinski definition) is 0. The van der Waals surface area contributed by atoms with Crippen molar-refractivity contribution in [1.29, 1.82) is 0 Å². The molecule has 0 saturated heterocycles. The van der Waals surface area contributed by atoms with Gasteiger partial charge >= 0.3 is 6.85 Å². The molecule has 57 heavy (non-hydrogen) atoms. The van der Waals surface area contributed by atoms with E-state index in [4.69, 9.17) is 0 Å². The van der Waals surface area contributed by atoms with Gasteiger partial charge in [0.05, 0.1) is 11.0 Å². The Morgan fingerprint density at radius 2 is 1.02 bits per heavy atom. The molecule has 7 aromatic carbocycles. The largest absolute Gasteiger partial charge is 0.375 e. The number of aromatic nitrogens is 2. The molecule has 9 aromatic rings. The predicted molar refractivity (Wildman–Crippen MR) is 247 cm³/mol. The Morgan fingerprint density at radius 3 is 1.68 bits per heavy atom. The highest BCUT2D eigenvalue weighted by Crippen LogP contribution is 2.47. The van der Waals surface area contributed by atoms with E-state index in [-0.39, 0.29) is 17.7 Å². The predicted octanol–water partition coefficient (Wildman–Crippen LogP) is 13.0. The Balaban J connectivity index is 1.33. The van der Waals surface area contributed by atoms with Gasteiger partial charge in [-0.15, -0.1) is 0 Å². The third-order valence-electron chi connectivity index (χ3n) is 13.5. The van der Waals surface area contributed by atoms with E-state index < -0.39 is 0 Å². The lowest BCUT2D eigenvalue weighted by Crippen LogP contribution is -2.55. The molecule has 0 saturated carbocycles. The summed E-state index contributed by atoms with van der Waals surface area (Å²) in [4.78, 5) is 0. The minimum absolute atomic E-state index is 0.00465. The van der Waals surface area contributed by atoms with Gasteiger partial charge in [0, 0.05) is 43.8 Å². The summed E-state index contributed by atoms with van der Waals surface area (Å²) in [5, 5.41) is 5.34. The van der Waals surface area contributed by atoms with E-state index in [0.717, 1.165) is 0 Å². The lowest BCUT2D eigenvalue weighted by Gasteiger charge is -2.35. The second-order valence-corrected chi connectivity index (χ2v) is 19.2. The van der Waals surface area contributed by atoms with Gasteiger partial charge in [-0.05, 0) is 159 Å². The average Bonchev–Trinajstić information content (AvgIpc) is 3.67. The standard InChI is InChI=1S/C54H49BN2/c1-30-14-11-15-31(2)48(30)34-20-22-45-39(24-34)41-25-35(49-32(3)16-12-17-33(49)4)26-44-52(41)56(45)47-19-13-18-38-42-28-37(54(8,9)10)29-43-40-27-36(53(5,6)7)21-23-46(40)57(51(42)43)55(44)50(38)47/h11-29H,1-10H3. The number of hydrogen-bond acceptors (Lipinski definition) is 0. The normalized spacial score (nSPS) is 13.4. The van der Waals surface area contributed by atoms with Crippen molar-refractivity contribution >= 4 is 61.4 Å².